The second-order valence-electron chi connectivity index (χ2n) is 9.27. The first kappa shape index (κ1) is 34.6. The van der Waals surface area contributed by atoms with Crippen LogP contribution in [-0.4, -0.2) is 42.4 Å². The molecule has 1 N–H and O–H groups in total. The fraction of sp³-hybridized carbons (Fsp3) is 0.333. The molecule has 1 atom stereocenters. The maximum Gasteiger partial charge on any atom is 0.573 e. The number of aliphatic hydroxyl groups is 1. The van der Waals surface area contributed by atoms with E-state index < -0.39 is 66.6 Å². The van der Waals surface area contributed by atoms with Crippen LogP contribution in [0.25, 0.3) is 0 Å². The third kappa shape index (κ3) is 8.60. The molecule has 0 aliphatic heterocycles. The number of hydrogen-bond donors (Lipinski definition) is 1. The Morgan fingerprint density at radius 2 is 1.27 bits per heavy atom. The van der Waals surface area contributed by atoms with Crippen LogP contribution in [0.5, 0.6) is 11.5 Å². The van der Waals surface area contributed by atoms with Gasteiger partial charge < -0.3 is 19.5 Å². The molecule has 0 radical (unpaired) electrons. The fourth-order valence-electron chi connectivity index (χ4n) is 3.79. The van der Waals surface area contributed by atoms with E-state index >= 15 is 0 Å². The van der Waals surface area contributed by atoms with Crippen LogP contribution in [-0.2, 0) is 19.1 Å². The molecule has 0 aliphatic carbocycles. The van der Waals surface area contributed by atoms with Crippen molar-refractivity contribution in [1.29, 1.82) is 0 Å². The monoisotopic (exact) mass is 653 g/mol. The largest absolute Gasteiger partial charge is 0.573 e. The summed E-state index contributed by atoms with van der Waals surface area (Å²) in [5, 5.41) is 9.67. The highest BCUT2D eigenvalue weighted by atomic mass is 19.4. The van der Waals surface area contributed by atoms with Crippen molar-refractivity contribution in [3.63, 3.8) is 0 Å². The van der Waals surface area contributed by atoms with Crippen LogP contribution in [0.4, 0.5) is 62.8 Å². The lowest BCUT2D eigenvalue weighted by Gasteiger charge is -2.30. The van der Waals surface area contributed by atoms with Gasteiger partial charge in [-0.25, -0.2) is 0 Å². The van der Waals surface area contributed by atoms with Crippen LogP contribution in [0.15, 0.2) is 72.8 Å². The molecular weight excluding hydrogens is 633 g/mol. The smallest absolute Gasteiger partial charge is 0.489 e. The molecule has 3 aromatic carbocycles. The summed E-state index contributed by atoms with van der Waals surface area (Å²) in [6.45, 7) is -2.37. The normalized spacial score (nSPS) is 13.9. The minimum absolute atomic E-state index is 0.0544. The molecule has 242 valence electrons. The summed E-state index contributed by atoms with van der Waals surface area (Å²) in [7, 11) is 0. The van der Waals surface area contributed by atoms with E-state index in [1.54, 1.807) is 0 Å². The molecule has 0 spiro atoms. The zero-order valence-corrected chi connectivity index (χ0v) is 21.8. The summed E-state index contributed by atoms with van der Waals surface area (Å²) in [6, 6.07) is 11.8. The minimum atomic E-state index is -6.62. The SMILES string of the molecule is O[C@H](CN(Cc1cccc(C(F)(F)C(F)(F)C(F)(F)F)c1)c1cccc(OCc2cccc(OC(F)(F)F)c2)c1)C(F)(F)F. The number of benzene rings is 3. The van der Waals surface area contributed by atoms with Crippen LogP contribution < -0.4 is 14.4 Å². The van der Waals surface area contributed by atoms with Crippen LogP contribution in [0.2, 0.25) is 0 Å². The molecule has 17 heteroatoms. The first-order chi connectivity index (χ1) is 20.1. The molecule has 0 heterocycles. The van der Waals surface area contributed by atoms with E-state index in [0.717, 1.165) is 29.2 Å². The topological polar surface area (TPSA) is 41.9 Å². The first-order valence-electron chi connectivity index (χ1n) is 12.1. The predicted octanol–water partition coefficient (Wildman–Crippen LogP) is 8.38. The standard InChI is InChI=1S/C27H20F13NO3/c28-23(29,25(33,34)26(35,36)37)18-6-1-4-16(10-18)13-41(14-22(42)24(30,31)32)19-7-3-8-20(12-19)43-15-17-5-2-9-21(11-17)44-27(38,39)40/h1-12,22,42H,13-15H2/t22-/m1/s1. The average molecular weight is 653 g/mol. The zero-order valence-electron chi connectivity index (χ0n) is 21.8. The fourth-order valence-corrected chi connectivity index (χ4v) is 3.79. The summed E-state index contributed by atoms with van der Waals surface area (Å²) in [6.07, 6.45) is -19.8. The highest BCUT2D eigenvalue weighted by Crippen LogP contribution is 2.51. The molecule has 0 unspecified atom stereocenters. The van der Waals surface area contributed by atoms with Gasteiger partial charge in [-0.3, -0.25) is 0 Å². The van der Waals surface area contributed by atoms with Gasteiger partial charge in [-0.2, -0.15) is 43.9 Å². The van der Waals surface area contributed by atoms with Crippen molar-refractivity contribution in [1.82, 2.24) is 0 Å². The van der Waals surface area contributed by atoms with Gasteiger partial charge >= 0.3 is 30.6 Å². The van der Waals surface area contributed by atoms with Gasteiger partial charge in [-0.15, -0.1) is 13.2 Å². The number of rotatable bonds is 11. The van der Waals surface area contributed by atoms with Crippen LogP contribution in [0, 0.1) is 0 Å². The van der Waals surface area contributed by atoms with Crippen molar-refractivity contribution in [2.24, 2.45) is 0 Å². The maximum atomic E-state index is 14.3. The number of ether oxygens (including phenoxy) is 2. The highest BCUT2D eigenvalue weighted by molar-refractivity contribution is 5.52. The van der Waals surface area contributed by atoms with Crippen molar-refractivity contribution in [2.75, 3.05) is 11.4 Å². The van der Waals surface area contributed by atoms with Gasteiger partial charge in [0, 0.05) is 23.9 Å². The van der Waals surface area contributed by atoms with Gasteiger partial charge in [0.15, 0.2) is 6.10 Å². The van der Waals surface area contributed by atoms with Gasteiger partial charge in [0.05, 0.1) is 6.54 Å². The maximum absolute atomic E-state index is 14.3. The van der Waals surface area contributed by atoms with Crippen LogP contribution in [0.1, 0.15) is 16.7 Å². The number of aliphatic hydroxyl groups excluding tert-OH is 1. The Labute approximate surface area is 240 Å². The average Bonchev–Trinajstić information content (AvgIpc) is 2.90. The summed E-state index contributed by atoms with van der Waals surface area (Å²) in [4.78, 5) is 0.780. The molecule has 3 aromatic rings. The Morgan fingerprint density at radius 3 is 1.89 bits per heavy atom. The Balaban J connectivity index is 1.89. The van der Waals surface area contributed by atoms with Gasteiger partial charge in [0.2, 0.25) is 0 Å². The molecule has 0 aliphatic rings. The number of hydrogen-bond acceptors (Lipinski definition) is 4. The third-order valence-electron chi connectivity index (χ3n) is 5.90. The van der Waals surface area contributed by atoms with Crippen molar-refractivity contribution in [3.05, 3.63) is 89.5 Å². The molecule has 0 aromatic heterocycles. The quantitative estimate of drug-likeness (QED) is 0.211. The molecule has 0 bridgehead atoms. The van der Waals surface area contributed by atoms with E-state index in [1.165, 1.54) is 30.3 Å². The lowest BCUT2D eigenvalue weighted by Crippen LogP contribution is -2.50. The van der Waals surface area contributed by atoms with Crippen LogP contribution >= 0.6 is 0 Å². The lowest BCUT2D eigenvalue weighted by atomic mass is 9.99. The second-order valence-corrected chi connectivity index (χ2v) is 9.27. The first-order valence-corrected chi connectivity index (χ1v) is 12.1. The Bertz CT molecular complexity index is 1400. The van der Waals surface area contributed by atoms with Gasteiger partial charge in [-0.05, 0) is 41.5 Å². The van der Waals surface area contributed by atoms with Crippen LogP contribution in [0.3, 0.4) is 0 Å². The summed E-state index contributed by atoms with van der Waals surface area (Å²) in [5.41, 5.74) is -2.13. The van der Waals surface area contributed by atoms with E-state index in [1.807, 2.05) is 0 Å². The molecule has 0 amide bonds. The van der Waals surface area contributed by atoms with Crippen molar-refractivity contribution in [3.8, 4) is 11.5 Å². The second kappa shape index (κ2) is 12.6. The van der Waals surface area contributed by atoms with Gasteiger partial charge in [0.25, 0.3) is 0 Å². The summed E-state index contributed by atoms with van der Waals surface area (Å²) in [5.74, 6) is -12.8. The molecule has 44 heavy (non-hydrogen) atoms. The van der Waals surface area contributed by atoms with E-state index in [9.17, 15) is 62.2 Å². The Hall–Kier alpha value is -3.89. The highest BCUT2D eigenvalue weighted by Gasteiger charge is 2.73. The van der Waals surface area contributed by atoms with E-state index in [0.29, 0.717) is 12.1 Å². The molecule has 0 saturated heterocycles. The van der Waals surface area contributed by atoms with E-state index in [-0.39, 0.29) is 29.7 Å². The lowest BCUT2D eigenvalue weighted by molar-refractivity contribution is -0.359. The van der Waals surface area contributed by atoms with E-state index in [4.69, 9.17) is 4.74 Å². The van der Waals surface area contributed by atoms with Crippen molar-refractivity contribution in [2.45, 2.75) is 49.8 Å². The number of halogens is 13. The molecule has 0 saturated carbocycles. The zero-order chi connectivity index (χ0) is 33.1. The predicted molar refractivity (Wildman–Crippen MR) is 128 cm³/mol. The summed E-state index contributed by atoms with van der Waals surface area (Å²) < 4.78 is 180. The molecular formula is C27H20F13NO3. The number of alkyl halides is 13. The van der Waals surface area contributed by atoms with Crippen molar-refractivity contribution < 1.29 is 71.7 Å². The molecule has 4 nitrogen and oxygen atoms in total. The van der Waals surface area contributed by atoms with E-state index in [2.05, 4.69) is 4.74 Å². The number of anilines is 1. The molecule has 3 rings (SSSR count). The minimum Gasteiger partial charge on any atom is -0.489 e. The van der Waals surface area contributed by atoms with Gasteiger partial charge in [0.1, 0.15) is 18.1 Å². The number of nitrogens with zero attached hydrogens (tertiary/aromatic N) is 1. The Morgan fingerprint density at radius 1 is 0.682 bits per heavy atom. The molecule has 0 fully saturated rings. The summed E-state index contributed by atoms with van der Waals surface area (Å²) >= 11 is 0. The Kier molecular flexibility index (Phi) is 9.92. The van der Waals surface area contributed by atoms with Crippen molar-refractivity contribution >= 4 is 5.69 Å². The van der Waals surface area contributed by atoms with Gasteiger partial charge in [-0.1, -0.05) is 36.4 Å². The third-order valence-corrected chi connectivity index (χ3v) is 5.90.